The van der Waals surface area contributed by atoms with Crippen LogP contribution in [0.4, 0.5) is 5.69 Å². The molecule has 29 heavy (non-hydrogen) atoms. The molecule has 1 aromatic heterocycles. The molecular weight excluding hydrogens is 366 g/mol. The number of piperazine rings is 1. The van der Waals surface area contributed by atoms with E-state index >= 15 is 0 Å². The minimum atomic E-state index is 0.197. The van der Waals surface area contributed by atoms with Crippen molar-refractivity contribution in [3.05, 3.63) is 24.5 Å². The molecule has 1 amide bonds. The van der Waals surface area contributed by atoms with Crippen molar-refractivity contribution in [2.75, 3.05) is 44.2 Å². The van der Waals surface area contributed by atoms with Gasteiger partial charge in [0.2, 0.25) is 11.8 Å². The van der Waals surface area contributed by atoms with Crippen LogP contribution in [0.1, 0.15) is 32.1 Å². The van der Waals surface area contributed by atoms with E-state index in [0.717, 1.165) is 68.9 Å². The number of benzene rings is 1. The maximum Gasteiger partial charge on any atom is 0.224 e. The van der Waals surface area contributed by atoms with Crippen LogP contribution in [0, 0.1) is 5.92 Å². The van der Waals surface area contributed by atoms with Gasteiger partial charge in [-0.15, -0.1) is 0 Å². The van der Waals surface area contributed by atoms with Crippen molar-refractivity contribution in [3.63, 3.8) is 0 Å². The molecular formula is C22H29N5O2. The number of carbonyl (C=O) groups excluding carboxylic acids is 1. The molecule has 7 heteroatoms. The predicted molar refractivity (Wildman–Crippen MR) is 112 cm³/mol. The molecule has 1 saturated carbocycles. The van der Waals surface area contributed by atoms with E-state index in [4.69, 9.17) is 4.74 Å². The first-order valence-electron chi connectivity index (χ1n) is 10.9. The Hall–Kier alpha value is -2.41. The lowest BCUT2D eigenvalue weighted by atomic mass is 10.1. The number of rotatable bonds is 5. The molecule has 1 aromatic carbocycles. The van der Waals surface area contributed by atoms with Gasteiger partial charge in [-0.25, -0.2) is 9.97 Å². The third kappa shape index (κ3) is 4.15. The van der Waals surface area contributed by atoms with E-state index in [-0.39, 0.29) is 12.0 Å². The molecule has 3 fully saturated rings. The Morgan fingerprint density at radius 3 is 2.69 bits per heavy atom. The number of anilines is 1. The van der Waals surface area contributed by atoms with Gasteiger partial charge in [0.15, 0.2) is 0 Å². The van der Waals surface area contributed by atoms with Crippen molar-refractivity contribution in [1.29, 1.82) is 0 Å². The Bertz CT molecular complexity index is 875. The molecule has 0 spiro atoms. The molecule has 1 unspecified atom stereocenters. The predicted octanol–water partition coefficient (Wildman–Crippen LogP) is 2.21. The van der Waals surface area contributed by atoms with Crippen LogP contribution in [0.15, 0.2) is 24.5 Å². The largest absolute Gasteiger partial charge is 0.474 e. The van der Waals surface area contributed by atoms with Crippen LogP contribution in [0.25, 0.3) is 10.9 Å². The maximum absolute atomic E-state index is 11.4. The van der Waals surface area contributed by atoms with E-state index in [1.54, 1.807) is 6.33 Å². The van der Waals surface area contributed by atoms with Crippen LogP contribution in [-0.4, -0.2) is 66.1 Å². The van der Waals surface area contributed by atoms with Gasteiger partial charge in [-0.2, -0.15) is 0 Å². The number of hydrogen-bond acceptors (Lipinski definition) is 6. The normalized spacial score (nSPS) is 23.7. The van der Waals surface area contributed by atoms with Gasteiger partial charge in [0.25, 0.3) is 0 Å². The zero-order valence-corrected chi connectivity index (χ0v) is 16.8. The summed E-state index contributed by atoms with van der Waals surface area (Å²) in [6, 6.07) is 6.43. The molecule has 2 saturated heterocycles. The van der Waals surface area contributed by atoms with Gasteiger partial charge in [-0.05, 0) is 49.8 Å². The first-order valence-corrected chi connectivity index (χ1v) is 10.9. The minimum Gasteiger partial charge on any atom is -0.474 e. The standard InChI is InChI=1S/C22H29N5O2/c28-21-11-16(13-23-21)14-26-7-9-27(10-8-26)17-5-6-20-19(12-17)22(25-15-24-20)29-18-3-1-2-4-18/h5-6,12,15-16,18H,1-4,7-11,13-14H2,(H,23,28). The van der Waals surface area contributed by atoms with E-state index in [1.807, 2.05) is 0 Å². The molecule has 0 radical (unpaired) electrons. The maximum atomic E-state index is 11.4. The lowest BCUT2D eigenvalue weighted by Crippen LogP contribution is -2.48. The summed E-state index contributed by atoms with van der Waals surface area (Å²) >= 11 is 0. The van der Waals surface area contributed by atoms with Crippen molar-refractivity contribution >= 4 is 22.5 Å². The van der Waals surface area contributed by atoms with Crippen LogP contribution < -0.4 is 15.0 Å². The Labute approximate surface area is 171 Å². The SMILES string of the molecule is O=C1CC(CN2CCN(c3ccc4ncnc(OC5CCCC5)c4c3)CC2)CN1. The van der Waals surface area contributed by atoms with Gasteiger partial charge >= 0.3 is 0 Å². The summed E-state index contributed by atoms with van der Waals surface area (Å²) in [5.74, 6) is 1.38. The average molecular weight is 396 g/mol. The highest BCUT2D eigenvalue weighted by Crippen LogP contribution is 2.30. The summed E-state index contributed by atoms with van der Waals surface area (Å²) in [6.07, 6.45) is 7.30. The number of ether oxygens (including phenoxy) is 1. The van der Waals surface area contributed by atoms with Crippen molar-refractivity contribution in [2.24, 2.45) is 5.92 Å². The van der Waals surface area contributed by atoms with E-state index in [9.17, 15) is 4.79 Å². The fourth-order valence-electron chi connectivity index (χ4n) is 4.82. The molecule has 154 valence electrons. The van der Waals surface area contributed by atoms with Gasteiger partial charge in [0, 0.05) is 51.4 Å². The molecule has 2 aliphatic heterocycles. The Morgan fingerprint density at radius 1 is 1.10 bits per heavy atom. The molecule has 0 bridgehead atoms. The Morgan fingerprint density at radius 2 is 1.93 bits per heavy atom. The van der Waals surface area contributed by atoms with Crippen molar-refractivity contribution in [2.45, 2.75) is 38.2 Å². The number of nitrogens with one attached hydrogen (secondary N) is 1. The van der Waals surface area contributed by atoms with Crippen LogP contribution in [0.3, 0.4) is 0 Å². The molecule has 1 aliphatic carbocycles. The van der Waals surface area contributed by atoms with Crippen molar-refractivity contribution < 1.29 is 9.53 Å². The highest BCUT2D eigenvalue weighted by molar-refractivity contribution is 5.86. The van der Waals surface area contributed by atoms with Gasteiger partial charge < -0.3 is 15.0 Å². The van der Waals surface area contributed by atoms with Gasteiger partial charge in [0.1, 0.15) is 12.4 Å². The number of hydrogen-bond donors (Lipinski definition) is 1. The zero-order chi connectivity index (χ0) is 19.6. The summed E-state index contributed by atoms with van der Waals surface area (Å²) in [5, 5.41) is 3.95. The van der Waals surface area contributed by atoms with Crippen molar-refractivity contribution in [3.8, 4) is 5.88 Å². The van der Waals surface area contributed by atoms with E-state index < -0.39 is 0 Å². The van der Waals surface area contributed by atoms with Gasteiger partial charge in [-0.3, -0.25) is 9.69 Å². The van der Waals surface area contributed by atoms with Crippen LogP contribution in [-0.2, 0) is 4.79 Å². The smallest absolute Gasteiger partial charge is 0.224 e. The Kier molecular flexibility index (Phi) is 5.23. The molecule has 3 aliphatic rings. The molecule has 1 atom stereocenters. The minimum absolute atomic E-state index is 0.197. The van der Waals surface area contributed by atoms with Crippen molar-refractivity contribution in [1.82, 2.24) is 20.2 Å². The molecule has 1 N–H and O–H groups in total. The average Bonchev–Trinajstić information content (AvgIpc) is 3.40. The highest BCUT2D eigenvalue weighted by Gasteiger charge is 2.26. The van der Waals surface area contributed by atoms with Crippen LogP contribution >= 0.6 is 0 Å². The Balaban J connectivity index is 1.26. The number of aromatic nitrogens is 2. The number of amides is 1. The molecule has 5 rings (SSSR count). The lowest BCUT2D eigenvalue weighted by Gasteiger charge is -2.37. The zero-order valence-electron chi connectivity index (χ0n) is 16.8. The van der Waals surface area contributed by atoms with E-state index in [2.05, 4.69) is 43.3 Å². The fraction of sp³-hybridized carbons (Fsp3) is 0.591. The van der Waals surface area contributed by atoms with Gasteiger partial charge in [-0.1, -0.05) is 0 Å². The quantitative estimate of drug-likeness (QED) is 0.837. The molecule has 3 heterocycles. The summed E-state index contributed by atoms with van der Waals surface area (Å²) in [7, 11) is 0. The number of fused-ring (bicyclic) bond motifs is 1. The third-order valence-electron chi connectivity index (χ3n) is 6.48. The van der Waals surface area contributed by atoms with E-state index in [0.29, 0.717) is 12.3 Å². The second-order valence-corrected chi connectivity index (χ2v) is 8.57. The summed E-state index contributed by atoms with van der Waals surface area (Å²) in [6.45, 7) is 5.88. The highest BCUT2D eigenvalue weighted by atomic mass is 16.5. The summed E-state index contributed by atoms with van der Waals surface area (Å²) < 4.78 is 6.22. The third-order valence-corrected chi connectivity index (χ3v) is 6.48. The van der Waals surface area contributed by atoms with E-state index in [1.165, 1.54) is 18.5 Å². The summed E-state index contributed by atoms with van der Waals surface area (Å²) in [4.78, 5) is 25.2. The first-order chi connectivity index (χ1) is 14.2. The molecule has 2 aromatic rings. The number of carbonyl (C=O) groups is 1. The van der Waals surface area contributed by atoms with Gasteiger partial charge in [0.05, 0.1) is 10.9 Å². The summed E-state index contributed by atoms with van der Waals surface area (Å²) in [5.41, 5.74) is 2.15. The number of nitrogens with zero attached hydrogens (tertiary/aromatic N) is 4. The fourth-order valence-corrected chi connectivity index (χ4v) is 4.82. The second-order valence-electron chi connectivity index (χ2n) is 8.57. The monoisotopic (exact) mass is 395 g/mol. The van der Waals surface area contributed by atoms with Crippen LogP contribution in [0.5, 0.6) is 5.88 Å². The lowest BCUT2D eigenvalue weighted by molar-refractivity contribution is -0.119. The molecule has 7 nitrogen and oxygen atoms in total. The second kappa shape index (κ2) is 8.14. The topological polar surface area (TPSA) is 70.6 Å². The first kappa shape index (κ1) is 18.6. The van der Waals surface area contributed by atoms with Crippen LogP contribution in [0.2, 0.25) is 0 Å².